The minimum absolute atomic E-state index is 0.253. The number of likely N-dealkylation sites (N-methyl/N-ethyl adjacent to an activating group) is 1. The molecule has 4 heteroatoms. The van der Waals surface area contributed by atoms with Gasteiger partial charge >= 0.3 is 5.97 Å². The zero-order chi connectivity index (χ0) is 12.1. The molecule has 0 saturated heterocycles. The number of carboxylic acids is 1. The number of benzene rings is 1. The highest BCUT2D eigenvalue weighted by Gasteiger charge is 2.06. The lowest BCUT2D eigenvalue weighted by molar-refractivity contribution is -0.132. The van der Waals surface area contributed by atoms with Crippen molar-refractivity contribution in [2.45, 2.75) is 6.92 Å². The van der Waals surface area contributed by atoms with Crippen molar-refractivity contribution in [2.75, 3.05) is 18.5 Å². The van der Waals surface area contributed by atoms with E-state index in [1.807, 2.05) is 0 Å². The first kappa shape index (κ1) is 12.2. The first-order chi connectivity index (χ1) is 7.52. The predicted octanol–water partition coefficient (Wildman–Crippen LogP) is 2.29. The van der Waals surface area contributed by atoms with Crippen molar-refractivity contribution in [3.8, 4) is 0 Å². The van der Waals surface area contributed by atoms with Crippen molar-refractivity contribution < 1.29 is 14.3 Å². The van der Waals surface area contributed by atoms with Crippen molar-refractivity contribution in [3.05, 3.63) is 41.7 Å². The van der Waals surface area contributed by atoms with Gasteiger partial charge in [0, 0.05) is 19.2 Å². The molecule has 0 radical (unpaired) electrons. The minimum atomic E-state index is -0.957. The average molecular weight is 223 g/mol. The van der Waals surface area contributed by atoms with Gasteiger partial charge in [0.25, 0.3) is 0 Å². The van der Waals surface area contributed by atoms with E-state index in [0.717, 1.165) is 0 Å². The van der Waals surface area contributed by atoms with Gasteiger partial charge in [-0.3, -0.25) is 0 Å². The Morgan fingerprint density at radius 1 is 1.50 bits per heavy atom. The number of rotatable bonds is 4. The molecule has 0 unspecified atom stereocenters. The SMILES string of the molecule is CC(=CCN(C)c1ccccc1F)C(=O)O. The number of para-hydroxylation sites is 1. The lowest BCUT2D eigenvalue weighted by atomic mass is 10.2. The number of nitrogens with zero attached hydrogens (tertiary/aromatic N) is 1. The third-order valence-corrected chi connectivity index (χ3v) is 2.27. The first-order valence-electron chi connectivity index (χ1n) is 4.88. The minimum Gasteiger partial charge on any atom is -0.478 e. The Bertz CT molecular complexity index is 415. The number of hydrogen-bond acceptors (Lipinski definition) is 2. The smallest absolute Gasteiger partial charge is 0.331 e. The Morgan fingerprint density at radius 3 is 2.69 bits per heavy atom. The second-order valence-electron chi connectivity index (χ2n) is 3.52. The lowest BCUT2D eigenvalue weighted by Gasteiger charge is -2.17. The number of hydrogen-bond donors (Lipinski definition) is 1. The van der Waals surface area contributed by atoms with E-state index >= 15 is 0 Å². The quantitative estimate of drug-likeness (QED) is 0.796. The van der Waals surface area contributed by atoms with Crippen LogP contribution in [0.15, 0.2) is 35.9 Å². The zero-order valence-electron chi connectivity index (χ0n) is 9.27. The van der Waals surface area contributed by atoms with E-state index in [2.05, 4.69) is 0 Å². The van der Waals surface area contributed by atoms with Crippen LogP contribution in [-0.2, 0) is 4.79 Å². The van der Waals surface area contributed by atoms with Crippen LogP contribution in [0.3, 0.4) is 0 Å². The maximum atomic E-state index is 13.3. The van der Waals surface area contributed by atoms with Gasteiger partial charge in [0.05, 0.1) is 5.69 Å². The number of halogens is 1. The summed E-state index contributed by atoms with van der Waals surface area (Å²) in [6.45, 7) is 1.87. The Kier molecular flexibility index (Phi) is 4.05. The van der Waals surface area contributed by atoms with Gasteiger partial charge in [-0.1, -0.05) is 18.2 Å². The Labute approximate surface area is 93.8 Å². The summed E-state index contributed by atoms with van der Waals surface area (Å²) in [5.41, 5.74) is 0.708. The largest absolute Gasteiger partial charge is 0.478 e. The second-order valence-corrected chi connectivity index (χ2v) is 3.52. The molecular weight excluding hydrogens is 209 g/mol. The molecule has 0 heterocycles. The van der Waals surface area contributed by atoms with E-state index < -0.39 is 5.97 Å². The van der Waals surface area contributed by atoms with E-state index in [9.17, 15) is 9.18 Å². The third kappa shape index (κ3) is 3.08. The normalized spacial score (nSPS) is 11.3. The van der Waals surface area contributed by atoms with Crippen molar-refractivity contribution in [1.29, 1.82) is 0 Å². The molecule has 1 aromatic carbocycles. The molecule has 1 N–H and O–H groups in total. The number of carboxylic acid groups (broad SMARTS) is 1. The van der Waals surface area contributed by atoms with Gasteiger partial charge in [-0.15, -0.1) is 0 Å². The van der Waals surface area contributed by atoms with Crippen LogP contribution in [-0.4, -0.2) is 24.7 Å². The molecule has 0 saturated carbocycles. The van der Waals surface area contributed by atoms with Crippen LogP contribution in [0.25, 0.3) is 0 Å². The lowest BCUT2D eigenvalue weighted by Crippen LogP contribution is -2.18. The summed E-state index contributed by atoms with van der Waals surface area (Å²) >= 11 is 0. The van der Waals surface area contributed by atoms with E-state index in [4.69, 9.17) is 5.11 Å². The van der Waals surface area contributed by atoms with Crippen molar-refractivity contribution >= 4 is 11.7 Å². The molecule has 1 rings (SSSR count). The molecule has 0 aliphatic carbocycles. The summed E-state index contributed by atoms with van der Waals surface area (Å²) in [6.07, 6.45) is 1.55. The van der Waals surface area contributed by atoms with Crippen LogP contribution >= 0.6 is 0 Å². The Balaban J connectivity index is 2.74. The predicted molar refractivity (Wildman–Crippen MR) is 61.1 cm³/mol. The maximum Gasteiger partial charge on any atom is 0.331 e. The van der Waals surface area contributed by atoms with Crippen LogP contribution < -0.4 is 4.90 Å². The highest BCUT2D eigenvalue weighted by molar-refractivity contribution is 5.85. The molecule has 0 aromatic heterocycles. The molecule has 0 amide bonds. The van der Waals surface area contributed by atoms with Gasteiger partial charge in [-0.25, -0.2) is 9.18 Å². The summed E-state index contributed by atoms with van der Waals surface area (Å²) in [5.74, 6) is -1.27. The van der Waals surface area contributed by atoms with Crippen molar-refractivity contribution in [2.24, 2.45) is 0 Å². The molecule has 86 valence electrons. The van der Waals surface area contributed by atoms with Crippen LogP contribution in [0, 0.1) is 5.82 Å². The monoisotopic (exact) mass is 223 g/mol. The van der Waals surface area contributed by atoms with Crippen LogP contribution in [0.2, 0.25) is 0 Å². The Hall–Kier alpha value is -1.84. The molecule has 3 nitrogen and oxygen atoms in total. The van der Waals surface area contributed by atoms with Crippen molar-refractivity contribution in [1.82, 2.24) is 0 Å². The van der Waals surface area contributed by atoms with Crippen LogP contribution in [0.4, 0.5) is 10.1 Å². The molecule has 0 bridgehead atoms. The zero-order valence-corrected chi connectivity index (χ0v) is 9.27. The summed E-state index contributed by atoms with van der Waals surface area (Å²) in [5, 5.41) is 8.66. The van der Waals surface area contributed by atoms with Crippen molar-refractivity contribution in [3.63, 3.8) is 0 Å². The summed E-state index contributed by atoms with van der Waals surface area (Å²) in [6, 6.07) is 6.38. The number of aliphatic carboxylic acids is 1. The number of carbonyl (C=O) groups is 1. The molecule has 0 aliphatic heterocycles. The summed E-state index contributed by atoms with van der Waals surface area (Å²) in [7, 11) is 1.71. The van der Waals surface area contributed by atoms with E-state index in [0.29, 0.717) is 12.2 Å². The fourth-order valence-corrected chi connectivity index (χ4v) is 1.22. The molecule has 0 spiro atoms. The van der Waals surface area contributed by atoms with E-state index in [1.54, 1.807) is 36.2 Å². The topological polar surface area (TPSA) is 40.5 Å². The standard InChI is InChI=1S/C12H14FNO2/c1-9(12(15)16)7-8-14(2)11-6-4-3-5-10(11)13/h3-7H,8H2,1-2H3,(H,15,16). The Morgan fingerprint density at radius 2 is 2.12 bits per heavy atom. The summed E-state index contributed by atoms with van der Waals surface area (Å²) < 4.78 is 13.3. The second kappa shape index (κ2) is 5.30. The highest BCUT2D eigenvalue weighted by atomic mass is 19.1. The third-order valence-electron chi connectivity index (χ3n) is 2.27. The molecule has 1 aromatic rings. The number of anilines is 1. The van der Waals surface area contributed by atoms with E-state index in [-0.39, 0.29) is 11.4 Å². The van der Waals surface area contributed by atoms with E-state index in [1.165, 1.54) is 13.0 Å². The van der Waals surface area contributed by atoms with Crippen LogP contribution in [0.5, 0.6) is 0 Å². The fraction of sp³-hybridized carbons (Fsp3) is 0.250. The molecule has 0 fully saturated rings. The highest BCUT2D eigenvalue weighted by Crippen LogP contribution is 2.16. The molecular formula is C12H14FNO2. The fourth-order valence-electron chi connectivity index (χ4n) is 1.22. The van der Waals surface area contributed by atoms with Crippen LogP contribution in [0.1, 0.15) is 6.92 Å². The average Bonchev–Trinajstić information content (AvgIpc) is 2.25. The molecule has 0 atom stereocenters. The molecule has 16 heavy (non-hydrogen) atoms. The summed E-state index contributed by atoms with van der Waals surface area (Å²) in [4.78, 5) is 12.2. The van der Waals surface area contributed by atoms with Gasteiger partial charge in [-0.05, 0) is 19.1 Å². The van der Waals surface area contributed by atoms with Gasteiger partial charge in [0.15, 0.2) is 0 Å². The molecule has 0 aliphatic rings. The first-order valence-corrected chi connectivity index (χ1v) is 4.88. The van der Waals surface area contributed by atoms with Gasteiger partial charge in [0.2, 0.25) is 0 Å². The maximum absolute atomic E-state index is 13.3. The van der Waals surface area contributed by atoms with Gasteiger partial charge in [-0.2, -0.15) is 0 Å². The van der Waals surface area contributed by atoms with Gasteiger partial charge < -0.3 is 10.0 Å². The van der Waals surface area contributed by atoms with Gasteiger partial charge in [0.1, 0.15) is 5.82 Å².